The van der Waals surface area contributed by atoms with Crippen LogP contribution in [-0.4, -0.2) is 17.8 Å². The van der Waals surface area contributed by atoms with Gasteiger partial charge >= 0.3 is 5.97 Å². The molecule has 0 aliphatic heterocycles. The predicted molar refractivity (Wildman–Crippen MR) is 41.4 cm³/mol. The standard InChI is InChI=1S/C9H11FO2/c10-5-9(8(11)12)4-6-1-2-7(9)3-6/h1-2,6-7H,3-5H2,(H,11,12). The van der Waals surface area contributed by atoms with E-state index in [0.29, 0.717) is 12.3 Å². The molecule has 3 heteroatoms. The molecule has 2 aliphatic rings. The lowest BCUT2D eigenvalue weighted by molar-refractivity contribution is -0.151. The maximum atomic E-state index is 12.6. The van der Waals surface area contributed by atoms with Gasteiger partial charge in [-0.1, -0.05) is 12.2 Å². The highest BCUT2D eigenvalue weighted by Gasteiger charge is 2.53. The number of fused-ring (bicyclic) bond motifs is 2. The summed E-state index contributed by atoms with van der Waals surface area (Å²) in [6.45, 7) is -0.728. The molecule has 12 heavy (non-hydrogen) atoms. The van der Waals surface area contributed by atoms with Crippen molar-refractivity contribution in [3.8, 4) is 0 Å². The van der Waals surface area contributed by atoms with Crippen LogP contribution >= 0.6 is 0 Å². The summed E-state index contributed by atoms with van der Waals surface area (Å²) in [5.41, 5.74) is -1.08. The van der Waals surface area contributed by atoms with Crippen molar-refractivity contribution in [2.24, 2.45) is 17.3 Å². The van der Waals surface area contributed by atoms with E-state index in [1.165, 1.54) is 0 Å². The minimum absolute atomic E-state index is 0.0648. The monoisotopic (exact) mass is 170 g/mol. The fourth-order valence-corrected chi connectivity index (χ4v) is 2.41. The minimum atomic E-state index is -1.08. The van der Waals surface area contributed by atoms with Gasteiger partial charge in [0.05, 0.1) is 0 Å². The lowest BCUT2D eigenvalue weighted by Crippen LogP contribution is -2.37. The first-order valence-corrected chi connectivity index (χ1v) is 4.17. The van der Waals surface area contributed by atoms with Crippen molar-refractivity contribution < 1.29 is 14.3 Å². The quantitative estimate of drug-likeness (QED) is 0.639. The molecule has 2 aliphatic carbocycles. The third kappa shape index (κ3) is 0.765. The van der Waals surface area contributed by atoms with Crippen molar-refractivity contribution >= 4 is 5.97 Å². The topological polar surface area (TPSA) is 37.3 Å². The van der Waals surface area contributed by atoms with Crippen LogP contribution in [0, 0.1) is 17.3 Å². The van der Waals surface area contributed by atoms with Crippen LogP contribution in [0.3, 0.4) is 0 Å². The molecule has 2 bridgehead atoms. The average Bonchev–Trinajstić information content (AvgIpc) is 2.62. The van der Waals surface area contributed by atoms with Gasteiger partial charge in [0.1, 0.15) is 12.1 Å². The smallest absolute Gasteiger partial charge is 0.312 e. The fourth-order valence-electron chi connectivity index (χ4n) is 2.41. The molecule has 0 saturated heterocycles. The van der Waals surface area contributed by atoms with Crippen LogP contribution in [0.2, 0.25) is 0 Å². The van der Waals surface area contributed by atoms with Gasteiger partial charge < -0.3 is 5.11 Å². The molecule has 0 spiro atoms. The van der Waals surface area contributed by atoms with Gasteiger partial charge in [-0.15, -0.1) is 0 Å². The first kappa shape index (κ1) is 7.77. The molecule has 0 heterocycles. The second-order valence-electron chi connectivity index (χ2n) is 3.79. The minimum Gasteiger partial charge on any atom is -0.481 e. The molecule has 2 rings (SSSR count). The van der Waals surface area contributed by atoms with Crippen LogP contribution in [0.5, 0.6) is 0 Å². The summed E-state index contributed by atoms with van der Waals surface area (Å²) in [4.78, 5) is 10.9. The molecule has 3 unspecified atom stereocenters. The second kappa shape index (κ2) is 2.31. The number of rotatable bonds is 2. The highest BCUT2D eigenvalue weighted by atomic mass is 19.1. The Morgan fingerprint density at radius 2 is 2.42 bits per heavy atom. The largest absolute Gasteiger partial charge is 0.481 e. The first-order chi connectivity index (χ1) is 5.69. The van der Waals surface area contributed by atoms with Crippen LogP contribution in [-0.2, 0) is 4.79 Å². The van der Waals surface area contributed by atoms with Gasteiger partial charge in [-0.05, 0) is 24.7 Å². The summed E-state index contributed by atoms with van der Waals surface area (Å²) in [6.07, 6.45) is 5.19. The average molecular weight is 170 g/mol. The number of halogens is 1. The number of hydrogen-bond donors (Lipinski definition) is 1. The highest BCUT2D eigenvalue weighted by Crippen LogP contribution is 2.52. The van der Waals surface area contributed by atoms with Crippen molar-refractivity contribution in [1.82, 2.24) is 0 Å². The summed E-state index contributed by atoms with van der Waals surface area (Å²) < 4.78 is 12.6. The Morgan fingerprint density at radius 3 is 2.67 bits per heavy atom. The molecular weight excluding hydrogens is 159 g/mol. The van der Waals surface area contributed by atoms with Gasteiger partial charge in [-0.3, -0.25) is 4.79 Å². The molecule has 3 atom stereocenters. The number of carboxylic acid groups (broad SMARTS) is 1. The Labute approximate surface area is 70.1 Å². The number of carbonyl (C=O) groups is 1. The zero-order valence-corrected chi connectivity index (χ0v) is 6.66. The van der Waals surface area contributed by atoms with Crippen LogP contribution in [0.4, 0.5) is 4.39 Å². The highest BCUT2D eigenvalue weighted by molar-refractivity contribution is 5.76. The number of alkyl halides is 1. The van der Waals surface area contributed by atoms with Crippen molar-refractivity contribution in [2.75, 3.05) is 6.67 Å². The molecule has 0 aromatic carbocycles. The maximum Gasteiger partial charge on any atom is 0.312 e. The molecular formula is C9H11FO2. The second-order valence-corrected chi connectivity index (χ2v) is 3.79. The van der Waals surface area contributed by atoms with E-state index in [9.17, 15) is 9.18 Å². The van der Waals surface area contributed by atoms with Crippen molar-refractivity contribution in [3.63, 3.8) is 0 Å². The molecule has 0 aromatic rings. The van der Waals surface area contributed by atoms with Crippen LogP contribution in [0.25, 0.3) is 0 Å². The van der Waals surface area contributed by atoms with E-state index >= 15 is 0 Å². The summed E-state index contributed by atoms with van der Waals surface area (Å²) in [5.74, 6) is -0.728. The SMILES string of the molecule is O=C(O)C1(CF)CC2C=CC1C2. The van der Waals surface area contributed by atoms with E-state index in [1.807, 2.05) is 12.2 Å². The zero-order valence-electron chi connectivity index (χ0n) is 6.66. The lowest BCUT2D eigenvalue weighted by Gasteiger charge is -2.27. The third-order valence-electron chi connectivity index (χ3n) is 3.17. The molecule has 1 saturated carbocycles. The van der Waals surface area contributed by atoms with Gasteiger partial charge in [0, 0.05) is 0 Å². The molecule has 1 N–H and O–H groups in total. The molecule has 0 radical (unpaired) electrons. The molecule has 2 nitrogen and oxygen atoms in total. The summed E-state index contributed by atoms with van der Waals surface area (Å²) in [6, 6.07) is 0. The van der Waals surface area contributed by atoms with E-state index < -0.39 is 18.1 Å². The van der Waals surface area contributed by atoms with E-state index in [-0.39, 0.29) is 5.92 Å². The van der Waals surface area contributed by atoms with Crippen LogP contribution in [0.15, 0.2) is 12.2 Å². The van der Waals surface area contributed by atoms with Crippen molar-refractivity contribution in [1.29, 1.82) is 0 Å². The fraction of sp³-hybridized carbons (Fsp3) is 0.667. The van der Waals surface area contributed by atoms with Gasteiger partial charge in [-0.2, -0.15) is 0 Å². The van der Waals surface area contributed by atoms with Gasteiger partial charge in [-0.25, -0.2) is 4.39 Å². The van der Waals surface area contributed by atoms with Crippen molar-refractivity contribution in [2.45, 2.75) is 12.8 Å². The Hall–Kier alpha value is -0.860. The Balaban J connectivity index is 2.31. The Bertz CT molecular complexity index is 249. The predicted octanol–water partition coefficient (Wildman–Crippen LogP) is 1.62. The van der Waals surface area contributed by atoms with Gasteiger partial charge in [0.15, 0.2) is 0 Å². The number of allylic oxidation sites excluding steroid dienone is 2. The normalized spacial score (nSPS) is 43.8. The van der Waals surface area contributed by atoms with Gasteiger partial charge in [0.25, 0.3) is 0 Å². The van der Waals surface area contributed by atoms with E-state index in [0.717, 1.165) is 6.42 Å². The number of carboxylic acids is 1. The number of aliphatic carboxylic acids is 1. The van der Waals surface area contributed by atoms with E-state index in [2.05, 4.69) is 0 Å². The van der Waals surface area contributed by atoms with Crippen molar-refractivity contribution in [3.05, 3.63) is 12.2 Å². The van der Waals surface area contributed by atoms with Crippen LogP contribution < -0.4 is 0 Å². The zero-order chi connectivity index (χ0) is 8.77. The molecule has 0 amide bonds. The summed E-state index contributed by atoms with van der Waals surface area (Å²) >= 11 is 0. The molecule has 66 valence electrons. The summed E-state index contributed by atoms with van der Waals surface area (Å²) in [7, 11) is 0. The number of hydrogen-bond acceptors (Lipinski definition) is 1. The molecule has 0 aromatic heterocycles. The van der Waals surface area contributed by atoms with E-state index in [4.69, 9.17) is 5.11 Å². The van der Waals surface area contributed by atoms with E-state index in [1.54, 1.807) is 0 Å². The Morgan fingerprint density at radius 1 is 1.67 bits per heavy atom. The maximum absolute atomic E-state index is 12.6. The van der Waals surface area contributed by atoms with Gasteiger partial charge in [0.2, 0.25) is 0 Å². The first-order valence-electron chi connectivity index (χ1n) is 4.17. The summed E-state index contributed by atoms with van der Waals surface area (Å²) in [5, 5.41) is 8.91. The lowest BCUT2D eigenvalue weighted by atomic mass is 9.77. The van der Waals surface area contributed by atoms with Crippen LogP contribution in [0.1, 0.15) is 12.8 Å². The third-order valence-corrected chi connectivity index (χ3v) is 3.17. The molecule has 1 fully saturated rings. The Kier molecular flexibility index (Phi) is 1.50.